The van der Waals surface area contributed by atoms with E-state index in [1.54, 1.807) is 0 Å². The van der Waals surface area contributed by atoms with Crippen LogP contribution in [0.3, 0.4) is 0 Å². The maximum atomic E-state index is 13.2. The third-order valence-corrected chi connectivity index (χ3v) is 5.95. The van der Waals surface area contributed by atoms with Gasteiger partial charge in [-0.1, -0.05) is 12.8 Å². The second-order valence-electron chi connectivity index (χ2n) is 7.81. The van der Waals surface area contributed by atoms with Gasteiger partial charge in [-0.2, -0.15) is 5.10 Å². The van der Waals surface area contributed by atoms with Crippen molar-refractivity contribution in [3.63, 3.8) is 0 Å². The molecule has 140 valence electrons. The van der Waals surface area contributed by atoms with Gasteiger partial charge < -0.3 is 9.47 Å². The van der Waals surface area contributed by atoms with E-state index < -0.39 is 0 Å². The first-order chi connectivity index (χ1) is 12.6. The molecule has 6 heteroatoms. The molecular weight excluding hydrogens is 326 g/mol. The Bertz CT molecular complexity index is 771. The predicted molar refractivity (Wildman–Crippen MR) is 99.6 cm³/mol. The normalized spacial score (nSPS) is 21.0. The van der Waals surface area contributed by atoms with Crippen molar-refractivity contribution in [1.82, 2.24) is 24.2 Å². The van der Waals surface area contributed by atoms with Crippen LogP contribution in [0.15, 0.2) is 18.5 Å². The molecule has 2 aromatic rings. The fourth-order valence-corrected chi connectivity index (χ4v) is 4.73. The summed E-state index contributed by atoms with van der Waals surface area (Å²) in [5, 5.41) is 4.50. The number of nitrogens with zero attached hydrogens (tertiary/aromatic N) is 5. The Kier molecular flexibility index (Phi) is 4.83. The summed E-state index contributed by atoms with van der Waals surface area (Å²) in [5.74, 6) is 1.88. The van der Waals surface area contributed by atoms with E-state index in [0.29, 0.717) is 18.9 Å². The van der Waals surface area contributed by atoms with Gasteiger partial charge in [0.05, 0.1) is 11.7 Å². The van der Waals surface area contributed by atoms with Crippen LogP contribution in [0.5, 0.6) is 0 Å². The number of rotatable bonds is 4. The van der Waals surface area contributed by atoms with E-state index in [4.69, 9.17) is 0 Å². The van der Waals surface area contributed by atoms with Crippen LogP contribution in [0.4, 0.5) is 0 Å². The lowest BCUT2D eigenvalue weighted by Gasteiger charge is -2.33. The Labute approximate surface area is 155 Å². The Morgan fingerprint density at radius 3 is 2.73 bits per heavy atom. The molecule has 0 spiro atoms. The van der Waals surface area contributed by atoms with Crippen LogP contribution < -0.4 is 0 Å². The maximum absolute atomic E-state index is 13.2. The van der Waals surface area contributed by atoms with E-state index in [-0.39, 0.29) is 11.9 Å². The minimum Gasteiger partial charge on any atom is -0.333 e. The van der Waals surface area contributed by atoms with E-state index in [1.807, 2.05) is 17.8 Å². The van der Waals surface area contributed by atoms with Gasteiger partial charge in [0, 0.05) is 44.1 Å². The molecule has 1 aliphatic carbocycles. The standard InChI is InChI=1S/C20H29N5O/c1-15-14-16(2)25(22-15)12-8-18(26)24-11-5-10-23-13-9-21-20(23)19(24)17-6-3-4-7-17/h9,13-14,17,19H,3-8,10-12H2,1-2H3. The van der Waals surface area contributed by atoms with Crippen LogP contribution in [0.1, 0.15) is 61.8 Å². The van der Waals surface area contributed by atoms with Gasteiger partial charge in [-0.25, -0.2) is 4.98 Å². The van der Waals surface area contributed by atoms with Gasteiger partial charge in [-0.3, -0.25) is 9.48 Å². The average Bonchev–Trinajstić information content (AvgIpc) is 3.33. The highest BCUT2D eigenvalue weighted by molar-refractivity contribution is 5.76. The second-order valence-corrected chi connectivity index (χ2v) is 7.81. The highest BCUT2D eigenvalue weighted by Gasteiger charge is 2.37. The molecule has 3 heterocycles. The van der Waals surface area contributed by atoms with Crippen LogP contribution in [0.25, 0.3) is 0 Å². The predicted octanol–water partition coefficient (Wildman–Crippen LogP) is 3.25. The van der Waals surface area contributed by atoms with Crippen LogP contribution in [0, 0.1) is 19.8 Å². The molecule has 0 bridgehead atoms. The Morgan fingerprint density at radius 2 is 2.00 bits per heavy atom. The number of carbonyl (C=O) groups excluding carboxylic acids is 1. The summed E-state index contributed by atoms with van der Waals surface area (Å²) in [5.41, 5.74) is 2.13. The Balaban J connectivity index is 1.54. The number of amides is 1. The first kappa shape index (κ1) is 17.3. The van der Waals surface area contributed by atoms with Crippen LogP contribution in [0.2, 0.25) is 0 Å². The molecule has 2 aromatic heterocycles. The highest BCUT2D eigenvalue weighted by Crippen LogP contribution is 2.40. The van der Waals surface area contributed by atoms with E-state index in [0.717, 1.165) is 36.7 Å². The van der Waals surface area contributed by atoms with Crippen LogP contribution in [-0.2, 0) is 17.9 Å². The Morgan fingerprint density at radius 1 is 1.19 bits per heavy atom. The van der Waals surface area contributed by atoms with Crippen LogP contribution in [-0.4, -0.2) is 36.7 Å². The van der Waals surface area contributed by atoms with Crippen LogP contribution >= 0.6 is 0 Å². The van der Waals surface area contributed by atoms with Gasteiger partial charge >= 0.3 is 0 Å². The van der Waals surface area contributed by atoms with Gasteiger partial charge in [-0.05, 0) is 45.1 Å². The number of hydrogen-bond acceptors (Lipinski definition) is 3. The van der Waals surface area contributed by atoms with Gasteiger partial charge in [0.2, 0.25) is 5.91 Å². The molecule has 1 aliphatic heterocycles. The minimum atomic E-state index is 0.142. The zero-order chi connectivity index (χ0) is 18.1. The molecule has 1 saturated carbocycles. The van der Waals surface area contributed by atoms with E-state index in [2.05, 4.69) is 38.7 Å². The number of aromatic nitrogens is 4. The SMILES string of the molecule is Cc1cc(C)n(CCC(=O)N2CCCn3ccnc3C2C2CCCC2)n1. The van der Waals surface area contributed by atoms with Gasteiger partial charge in [0.15, 0.2) is 0 Å². The van der Waals surface area contributed by atoms with Crippen molar-refractivity contribution >= 4 is 5.91 Å². The summed E-state index contributed by atoms with van der Waals surface area (Å²) in [6, 6.07) is 2.21. The zero-order valence-electron chi connectivity index (χ0n) is 15.9. The first-order valence-corrected chi connectivity index (χ1v) is 9.95. The summed E-state index contributed by atoms with van der Waals surface area (Å²) in [4.78, 5) is 20.0. The van der Waals surface area contributed by atoms with Crippen molar-refractivity contribution in [2.24, 2.45) is 5.92 Å². The summed E-state index contributed by atoms with van der Waals surface area (Å²) in [6.45, 7) is 6.49. The molecular formula is C20H29N5O. The molecule has 6 nitrogen and oxygen atoms in total. The monoisotopic (exact) mass is 355 g/mol. The topological polar surface area (TPSA) is 56.0 Å². The number of aryl methyl sites for hydroxylation is 4. The molecule has 1 atom stereocenters. The lowest BCUT2D eigenvalue weighted by molar-refractivity contribution is -0.135. The smallest absolute Gasteiger partial charge is 0.225 e. The van der Waals surface area contributed by atoms with Crippen molar-refractivity contribution in [3.8, 4) is 0 Å². The molecule has 0 N–H and O–H groups in total. The summed E-state index contributed by atoms with van der Waals surface area (Å²) >= 11 is 0. The maximum Gasteiger partial charge on any atom is 0.225 e. The van der Waals surface area contributed by atoms with E-state index in [9.17, 15) is 4.79 Å². The highest BCUT2D eigenvalue weighted by atomic mass is 16.2. The third kappa shape index (κ3) is 3.29. The number of hydrogen-bond donors (Lipinski definition) is 0. The molecule has 4 rings (SSSR count). The number of carbonyl (C=O) groups is 1. The molecule has 0 saturated heterocycles. The average molecular weight is 355 g/mol. The zero-order valence-corrected chi connectivity index (χ0v) is 15.9. The number of imidazole rings is 1. The van der Waals surface area contributed by atoms with E-state index >= 15 is 0 Å². The quantitative estimate of drug-likeness (QED) is 0.846. The molecule has 0 radical (unpaired) electrons. The largest absolute Gasteiger partial charge is 0.333 e. The fourth-order valence-electron chi connectivity index (χ4n) is 4.73. The summed E-state index contributed by atoms with van der Waals surface area (Å²) in [6.07, 6.45) is 10.4. The van der Waals surface area contributed by atoms with Crippen molar-refractivity contribution in [1.29, 1.82) is 0 Å². The van der Waals surface area contributed by atoms with Crippen molar-refractivity contribution in [2.75, 3.05) is 6.54 Å². The molecule has 1 unspecified atom stereocenters. The van der Waals surface area contributed by atoms with Crippen molar-refractivity contribution in [2.45, 2.75) is 71.5 Å². The summed E-state index contributed by atoms with van der Waals surface area (Å²) < 4.78 is 4.22. The summed E-state index contributed by atoms with van der Waals surface area (Å²) in [7, 11) is 0. The second kappa shape index (κ2) is 7.25. The molecule has 0 aromatic carbocycles. The molecule has 26 heavy (non-hydrogen) atoms. The molecule has 1 amide bonds. The fraction of sp³-hybridized carbons (Fsp3) is 0.650. The third-order valence-electron chi connectivity index (χ3n) is 5.95. The van der Waals surface area contributed by atoms with E-state index in [1.165, 1.54) is 25.7 Å². The van der Waals surface area contributed by atoms with Gasteiger partial charge in [-0.15, -0.1) is 0 Å². The van der Waals surface area contributed by atoms with Crippen molar-refractivity contribution in [3.05, 3.63) is 35.7 Å². The lowest BCUT2D eigenvalue weighted by atomic mass is 9.95. The Hall–Kier alpha value is -2.11. The first-order valence-electron chi connectivity index (χ1n) is 9.95. The van der Waals surface area contributed by atoms with Gasteiger partial charge in [0.25, 0.3) is 0 Å². The molecule has 1 fully saturated rings. The number of fused-ring (bicyclic) bond motifs is 1. The molecule has 2 aliphatic rings. The minimum absolute atomic E-state index is 0.142. The van der Waals surface area contributed by atoms with Gasteiger partial charge in [0.1, 0.15) is 5.82 Å². The lowest BCUT2D eigenvalue weighted by Crippen LogP contribution is -2.39. The van der Waals surface area contributed by atoms with Crippen molar-refractivity contribution < 1.29 is 4.79 Å².